The summed E-state index contributed by atoms with van der Waals surface area (Å²) in [5.74, 6) is 1.31. The number of carbonyl (C=O) groups is 2. The quantitative estimate of drug-likeness (QED) is 0.635. The highest BCUT2D eigenvalue weighted by Crippen LogP contribution is 2.26. The summed E-state index contributed by atoms with van der Waals surface area (Å²) in [6.45, 7) is 1.59. The molecule has 0 saturated carbocycles. The van der Waals surface area contributed by atoms with Gasteiger partial charge in [-0.1, -0.05) is 18.2 Å². The average Bonchev–Trinajstić information content (AvgIpc) is 3.28. The molecule has 3 aromatic rings. The summed E-state index contributed by atoms with van der Waals surface area (Å²) in [5, 5.41) is 7.34. The van der Waals surface area contributed by atoms with Gasteiger partial charge in [0.15, 0.2) is 0 Å². The summed E-state index contributed by atoms with van der Waals surface area (Å²) in [7, 11) is 0. The Morgan fingerprint density at radius 2 is 1.74 bits per heavy atom. The molecule has 8 nitrogen and oxygen atoms in total. The number of para-hydroxylation sites is 1. The van der Waals surface area contributed by atoms with Crippen molar-refractivity contribution >= 4 is 17.6 Å². The fraction of sp³-hybridized carbons (Fsp3) is 0.304. The maximum absolute atomic E-state index is 12.6. The molecule has 1 N–H and O–H groups in total. The Bertz CT molecular complexity index is 998. The van der Waals surface area contributed by atoms with E-state index in [-0.39, 0.29) is 24.3 Å². The van der Waals surface area contributed by atoms with Crippen molar-refractivity contribution in [2.45, 2.75) is 25.3 Å². The van der Waals surface area contributed by atoms with Gasteiger partial charge in [0.05, 0.1) is 25.3 Å². The van der Waals surface area contributed by atoms with Crippen LogP contribution in [0.25, 0.3) is 0 Å². The molecule has 0 unspecified atom stereocenters. The van der Waals surface area contributed by atoms with Gasteiger partial charge >= 0.3 is 0 Å². The van der Waals surface area contributed by atoms with E-state index in [4.69, 9.17) is 4.74 Å². The zero-order valence-electron chi connectivity index (χ0n) is 17.2. The van der Waals surface area contributed by atoms with Crippen molar-refractivity contribution in [1.82, 2.24) is 19.7 Å². The lowest BCUT2D eigenvalue weighted by atomic mass is 10.0. The molecule has 1 fully saturated rings. The van der Waals surface area contributed by atoms with Gasteiger partial charge in [-0.3, -0.25) is 14.6 Å². The third-order valence-corrected chi connectivity index (χ3v) is 5.30. The number of hydrogen-bond acceptors (Lipinski definition) is 5. The second-order valence-electron chi connectivity index (χ2n) is 7.38. The number of pyridine rings is 1. The Labute approximate surface area is 180 Å². The van der Waals surface area contributed by atoms with Crippen LogP contribution in [0.5, 0.6) is 5.75 Å². The summed E-state index contributed by atoms with van der Waals surface area (Å²) in [6, 6.07) is 14.8. The van der Waals surface area contributed by atoms with Gasteiger partial charge in [-0.15, -0.1) is 0 Å². The zero-order valence-corrected chi connectivity index (χ0v) is 17.2. The van der Waals surface area contributed by atoms with Gasteiger partial charge in [-0.2, -0.15) is 5.10 Å². The number of piperidine rings is 1. The predicted molar refractivity (Wildman–Crippen MR) is 116 cm³/mol. The van der Waals surface area contributed by atoms with Crippen molar-refractivity contribution < 1.29 is 14.3 Å². The molecule has 1 aliphatic rings. The molecule has 0 bridgehead atoms. The number of amides is 2. The van der Waals surface area contributed by atoms with Crippen LogP contribution in [-0.4, -0.2) is 51.2 Å². The molecule has 160 valence electrons. The molecule has 2 amide bonds. The molecule has 0 radical (unpaired) electrons. The SMILES string of the molecule is O=C(CCOc1ccccc1)Nc1ccnn1C1CCN(C(=O)c2ccncc2)CC1. The Morgan fingerprint density at radius 1 is 1.00 bits per heavy atom. The lowest BCUT2D eigenvalue weighted by molar-refractivity contribution is -0.116. The standard InChI is InChI=1S/C23H25N5O3/c29-22(11-17-31-20-4-2-1-3-5-20)26-21-8-14-25-28(21)19-9-15-27(16-10-19)23(30)18-6-12-24-13-7-18/h1-8,12-14,19H,9-11,15-17H2,(H,26,29). The van der Waals surface area contributed by atoms with E-state index in [9.17, 15) is 9.59 Å². The molecule has 1 aromatic carbocycles. The predicted octanol–water partition coefficient (Wildman–Crippen LogP) is 3.16. The van der Waals surface area contributed by atoms with E-state index in [1.165, 1.54) is 0 Å². The van der Waals surface area contributed by atoms with Crippen molar-refractivity contribution in [3.05, 3.63) is 72.7 Å². The number of ether oxygens (including phenoxy) is 1. The lowest BCUT2D eigenvalue weighted by Crippen LogP contribution is -2.39. The van der Waals surface area contributed by atoms with E-state index >= 15 is 0 Å². The van der Waals surface area contributed by atoms with Crippen LogP contribution >= 0.6 is 0 Å². The van der Waals surface area contributed by atoms with Gasteiger partial charge < -0.3 is 15.0 Å². The summed E-state index contributed by atoms with van der Waals surface area (Å²) < 4.78 is 7.44. The number of rotatable bonds is 7. The van der Waals surface area contributed by atoms with Crippen molar-refractivity contribution in [2.24, 2.45) is 0 Å². The third kappa shape index (κ3) is 5.28. The minimum Gasteiger partial charge on any atom is -0.493 e. The average molecular weight is 419 g/mol. The van der Waals surface area contributed by atoms with Crippen molar-refractivity contribution in [3.63, 3.8) is 0 Å². The molecule has 31 heavy (non-hydrogen) atoms. The molecule has 1 aliphatic heterocycles. The van der Waals surface area contributed by atoms with Crippen LogP contribution in [0.1, 0.15) is 35.7 Å². The topological polar surface area (TPSA) is 89.4 Å². The molecule has 2 aromatic heterocycles. The van der Waals surface area contributed by atoms with E-state index in [1.807, 2.05) is 39.9 Å². The van der Waals surface area contributed by atoms with Gasteiger partial charge in [0.2, 0.25) is 5.91 Å². The number of hydrogen-bond donors (Lipinski definition) is 1. The van der Waals surface area contributed by atoms with E-state index < -0.39 is 0 Å². The number of likely N-dealkylation sites (tertiary alicyclic amines) is 1. The number of benzene rings is 1. The normalized spacial score (nSPS) is 14.3. The molecule has 3 heterocycles. The second kappa shape index (κ2) is 9.88. The first kappa shape index (κ1) is 20.6. The van der Waals surface area contributed by atoms with E-state index in [1.54, 1.807) is 36.8 Å². The first-order valence-corrected chi connectivity index (χ1v) is 10.4. The maximum atomic E-state index is 12.6. The number of aromatic nitrogens is 3. The van der Waals surface area contributed by atoms with Gasteiger partial charge in [-0.05, 0) is 37.1 Å². The highest BCUT2D eigenvalue weighted by molar-refractivity contribution is 5.94. The van der Waals surface area contributed by atoms with Crippen LogP contribution in [0.2, 0.25) is 0 Å². The highest BCUT2D eigenvalue weighted by atomic mass is 16.5. The lowest BCUT2D eigenvalue weighted by Gasteiger charge is -2.32. The molecule has 1 saturated heterocycles. The summed E-state index contributed by atoms with van der Waals surface area (Å²) in [4.78, 5) is 30.8. The number of nitrogens with one attached hydrogen (secondary N) is 1. The van der Waals surface area contributed by atoms with Gasteiger partial charge in [0.1, 0.15) is 11.6 Å². The molecule has 4 rings (SSSR count). The fourth-order valence-electron chi connectivity index (χ4n) is 3.68. The Morgan fingerprint density at radius 3 is 2.48 bits per heavy atom. The molecule has 0 aliphatic carbocycles. The summed E-state index contributed by atoms with van der Waals surface area (Å²) in [6.07, 6.45) is 6.74. The Hall–Kier alpha value is -3.68. The van der Waals surface area contributed by atoms with E-state index in [2.05, 4.69) is 15.4 Å². The van der Waals surface area contributed by atoms with Crippen LogP contribution in [0.4, 0.5) is 5.82 Å². The Balaban J connectivity index is 1.27. The second-order valence-corrected chi connectivity index (χ2v) is 7.38. The number of anilines is 1. The molecule has 0 atom stereocenters. The van der Waals surface area contributed by atoms with Crippen LogP contribution in [0, 0.1) is 0 Å². The molecule has 0 spiro atoms. The fourth-order valence-corrected chi connectivity index (χ4v) is 3.68. The summed E-state index contributed by atoms with van der Waals surface area (Å²) >= 11 is 0. The van der Waals surface area contributed by atoms with Crippen LogP contribution < -0.4 is 10.1 Å². The molecule has 8 heteroatoms. The molecular weight excluding hydrogens is 394 g/mol. The maximum Gasteiger partial charge on any atom is 0.253 e. The van der Waals surface area contributed by atoms with Crippen molar-refractivity contribution in [1.29, 1.82) is 0 Å². The smallest absolute Gasteiger partial charge is 0.253 e. The largest absolute Gasteiger partial charge is 0.493 e. The third-order valence-electron chi connectivity index (χ3n) is 5.30. The zero-order chi connectivity index (χ0) is 21.5. The monoisotopic (exact) mass is 419 g/mol. The minimum atomic E-state index is -0.122. The summed E-state index contributed by atoms with van der Waals surface area (Å²) in [5.41, 5.74) is 0.651. The number of carbonyl (C=O) groups excluding carboxylic acids is 2. The van der Waals surface area contributed by atoms with Crippen molar-refractivity contribution in [2.75, 3.05) is 25.0 Å². The van der Waals surface area contributed by atoms with Crippen LogP contribution in [0.15, 0.2) is 67.1 Å². The van der Waals surface area contributed by atoms with Gasteiger partial charge in [0, 0.05) is 37.1 Å². The van der Waals surface area contributed by atoms with E-state index in [0.717, 1.165) is 18.6 Å². The highest BCUT2D eigenvalue weighted by Gasteiger charge is 2.26. The van der Waals surface area contributed by atoms with Gasteiger partial charge in [0.25, 0.3) is 5.91 Å². The first-order valence-electron chi connectivity index (χ1n) is 10.4. The minimum absolute atomic E-state index is 0.0215. The van der Waals surface area contributed by atoms with Crippen LogP contribution in [0.3, 0.4) is 0 Å². The molecular formula is C23H25N5O3. The van der Waals surface area contributed by atoms with E-state index in [0.29, 0.717) is 31.1 Å². The Kier molecular flexibility index (Phi) is 6.56. The van der Waals surface area contributed by atoms with Crippen molar-refractivity contribution in [3.8, 4) is 5.75 Å². The van der Waals surface area contributed by atoms with Gasteiger partial charge in [-0.25, -0.2) is 4.68 Å². The van der Waals surface area contributed by atoms with Crippen LogP contribution in [-0.2, 0) is 4.79 Å². The first-order chi connectivity index (χ1) is 15.2. The number of nitrogens with zero attached hydrogens (tertiary/aromatic N) is 4.